The van der Waals surface area contributed by atoms with Gasteiger partial charge in [0, 0.05) is 12.5 Å². The quantitative estimate of drug-likeness (QED) is 0.157. The minimum Gasteiger partial charge on any atom is -0.340 e. The van der Waals surface area contributed by atoms with Gasteiger partial charge in [0.05, 0.1) is 0 Å². The number of hydrogen-bond donors (Lipinski definition) is 2. The van der Waals surface area contributed by atoms with E-state index in [2.05, 4.69) is 63.2 Å². The van der Waals surface area contributed by atoms with E-state index in [4.69, 9.17) is 0 Å². The van der Waals surface area contributed by atoms with Gasteiger partial charge >= 0.3 is 0 Å². The highest BCUT2D eigenvalue weighted by Crippen LogP contribution is 2.20. The van der Waals surface area contributed by atoms with Crippen molar-refractivity contribution in [1.82, 2.24) is 10.6 Å². The molecule has 2 N–H and O–H groups in total. The first-order valence-electron chi connectivity index (χ1n) is 13.1. The topological polar surface area (TPSA) is 58.2 Å². The van der Waals surface area contributed by atoms with E-state index in [0.29, 0.717) is 17.8 Å². The molecule has 0 heterocycles. The van der Waals surface area contributed by atoms with Gasteiger partial charge in [-0.15, -0.1) is 11.8 Å². The molecule has 4 unspecified atom stereocenters. The van der Waals surface area contributed by atoms with E-state index in [1.165, 1.54) is 24.5 Å². The SMILES string of the molecule is CC#CCC(CC)CC=CNC(=O)C(NC(=O)C=CC=CC(C)=CC(C)C(C)CCC)C(C)(C)C. The monoisotopic (exact) mass is 482 g/mol. The molecule has 0 aromatic heterocycles. The average molecular weight is 483 g/mol. The zero-order valence-corrected chi connectivity index (χ0v) is 23.7. The van der Waals surface area contributed by atoms with Crippen LogP contribution in [0.3, 0.4) is 0 Å². The Bertz CT molecular complexity index is 815. The van der Waals surface area contributed by atoms with Crippen molar-refractivity contribution in [2.24, 2.45) is 23.2 Å². The molecule has 196 valence electrons. The lowest BCUT2D eigenvalue weighted by atomic mass is 9.86. The molecule has 0 saturated heterocycles. The molecule has 0 aliphatic heterocycles. The summed E-state index contributed by atoms with van der Waals surface area (Å²) >= 11 is 0. The largest absolute Gasteiger partial charge is 0.340 e. The fourth-order valence-electron chi connectivity index (χ4n) is 3.69. The van der Waals surface area contributed by atoms with Crippen molar-refractivity contribution in [2.75, 3.05) is 0 Å². The standard InChI is InChI=1S/C31H50N2O2/c1-10-13-19-27(12-3)20-16-22-32-30(35)29(31(7,8)9)33-28(34)21-15-14-18-24(4)23-26(6)25(5)17-11-2/h14-16,18,21-23,25-27,29H,11-12,17,19-20H2,1-9H3,(H,32,35)(H,33,34). The summed E-state index contributed by atoms with van der Waals surface area (Å²) in [5.74, 6) is 7.20. The molecule has 0 aromatic rings. The number of carbonyl (C=O) groups excluding carboxylic acids is 2. The van der Waals surface area contributed by atoms with Gasteiger partial charge in [-0.25, -0.2) is 0 Å². The van der Waals surface area contributed by atoms with Crippen LogP contribution in [0.25, 0.3) is 0 Å². The highest BCUT2D eigenvalue weighted by atomic mass is 16.2. The number of amides is 2. The van der Waals surface area contributed by atoms with Crippen molar-refractivity contribution < 1.29 is 9.59 Å². The van der Waals surface area contributed by atoms with E-state index in [1.807, 2.05) is 45.9 Å². The molecule has 4 nitrogen and oxygen atoms in total. The lowest BCUT2D eigenvalue weighted by molar-refractivity contribution is -0.129. The summed E-state index contributed by atoms with van der Waals surface area (Å²) in [5.41, 5.74) is 0.751. The molecule has 4 heteroatoms. The first-order chi connectivity index (χ1) is 16.5. The first-order valence-corrected chi connectivity index (χ1v) is 13.1. The van der Waals surface area contributed by atoms with E-state index in [1.54, 1.807) is 12.3 Å². The van der Waals surface area contributed by atoms with Crippen molar-refractivity contribution >= 4 is 11.8 Å². The molecular weight excluding hydrogens is 432 g/mol. The van der Waals surface area contributed by atoms with Crippen molar-refractivity contribution in [3.05, 3.63) is 48.2 Å². The first kappa shape index (κ1) is 32.5. The fourth-order valence-corrected chi connectivity index (χ4v) is 3.69. The summed E-state index contributed by atoms with van der Waals surface area (Å²) in [6.07, 6.45) is 18.2. The molecule has 4 atom stereocenters. The molecule has 0 aliphatic rings. The Morgan fingerprint density at radius 3 is 2.29 bits per heavy atom. The second-order valence-corrected chi connectivity index (χ2v) is 10.6. The van der Waals surface area contributed by atoms with Crippen LogP contribution >= 0.6 is 0 Å². The van der Waals surface area contributed by atoms with Crippen molar-refractivity contribution in [3.63, 3.8) is 0 Å². The van der Waals surface area contributed by atoms with E-state index >= 15 is 0 Å². The van der Waals surface area contributed by atoms with E-state index < -0.39 is 11.5 Å². The third-order valence-corrected chi connectivity index (χ3v) is 6.26. The average Bonchev–Trinajstić information content (AvgIpc) is 2.79. The molecule has 0 aliphatic carbocycles. The number of allylic oxidation sites excluding steroid dienone is 6. The highest BCUT2D eigenvalue weighted by molar-refractivity contribution is 5.93. The fraction of sp³-hybridized carbons (Fsp3) is 0.613. The van der Waals surface area contributed by atoms with E-state index in [-0.39, 0.29) is 11.8 Å². The summed E-state index contributed by atoms with van der Waals surface area (Å²) in [4.78, 5) is 25.3. The van der Waals surface area contributed by atoms with E-state index in [0.717, 1.165) is 19.3 Å². The third kappa shape index (κ3) is 15.1. The van der Waals surface area contributed by atoms with Crippen LogP contribution in [0, 0.1) is 35.0 Å². The molecule has 0 aromatic carbocycles. The van der Waals surface area contributed by atoms with Gasteiger partial charge in [0.15, 0.2) is 0 Å². The summed E-state index contributed by atoms with van der Waals surface area (Å²) in [6.45, 7) is 18.6. The normalized spacial score (nSPS) is 16.1. The van der Waals surface area contributed by atoms with Crippen LogP contribution in [-0.4, -0.2) is 17.9 Å². The zero-order valence-electron chi connectivity index (χ0n) is 23.7. The molecule has 35 heavy (non-hydrogen) atoms. The zero-order chi connectivity index (χ0) is 26.9. The second kappa shape index (κ2) is 17.8. The van der Waals surface area contributed by atoms with Gasteiger partial charge in [0.25, 0.3) is 0 Å². The highest BCUT2D eigenvalue weighted by Gasteiger charge is 2.31. The summed E-state index contributed by atoms with van der Waals surface area (Å²) in [7, 11) is 0. The summed E-state index contributed by atoms with van der Waals surface area (Å²) in [6, 6.07) is -0.649. The maximum absolute atomic E-state index is 12.8. The van der Waals surface area contributed by atoms with Crippen LogP contribution < -0.4 is 10.6 Å². The van der Waals surface area contributed by atoms with E-state index in [9.17, 15) is 9.59 Å². The van der Waals surface area contributed by atoms with Gasteiger partial charge in [-0.3, -0.25) is 9.59 Å². The van der Waals surface area contributed by atoms with Crippen LogP contribution in [0.1, 0.15) is 94.4 Å². The Balaban J connectivity index is 4.93. The Morgan fingerprint density at radius 1 is 1.06 bits per heavy atom. The van der Waals surface area contributed by atoms with Crippen LogP contribution in [-0.2, 0) is 9.59 Å². The molecule has 0 rings (SSSR count). The van der Waals surface area contributed by atoms with Gasteiger partial charge in [-0.1, -0.05) is 104 Å². The van der Waals surface area contributed by atoms with Gasteiger partial charge < -0.3 is 10.6 Å². The van der Waals surface area contributed by atoms with Crippen LogP contribution in [0.15, 0.2) is 48.2 Å². The Kier molecular flexibility index (Phi) is 16.5. The predicted octanol–water partition coefficient (Wildman–Crippen LogP) is 7.11. The second-order valence-electron chi connectivity index (χ2n) is 10.6. The third-order valence-electron chi connectivity index (χ3n) is 6.26. The summed E-state index contributed by atoms with van der Waals surface area (Å²) in [5, 5.41) is 5.69. The molecule has 0 fully saturated rings. The van der Waals surface area contributed by atoms with Crippen molar-refractivity contribution in [1.29, 1.82) is 0 Å². The summed E-state index contributed by atoms with van der Waals surface area (Å²) < 4.78 is 0. The minimum absolute atomic E-state index is 0.221. The molecule has 0 radical (unpaired) electrons. The molecule has 0 spiro atoms. The van der Waals surface area contributed by atoms with Crippen LogP contribution in [0.2, 0.25) is 0 Å². The number of hydrogen-bond acceptors (Lipinski definition) is 2. The van der Waals surface area contributed by atoms with Gasteiger partial charge in [-0.2, -0.15) is 0 Å². The van der Waals surface area contributed by atoms with Crippen LogP contribution in [0.4, 0.5) is 0 Å². The maximum Gasteiger partial charge on any atom is 0.247 e. The van der Waals surface area contributed by atoms with Gasteiger partial charge in [0.1, 0.15) is 6.04 Å². The number of carbonyl (C=O) groups is 2. The Labute approximate surface area is 215 Å². The van der Waals surface area contributed by atoms with Crippen LogP contribution in [0.5, 0.6) is 0 Å². The minimum atomic E-state index is -0.649. The Hall–Kier alpha value is -2.54. The smallest absolute Gasteiger partial charge is 0.247 e. The lowest BCUT2D eigenvalue weighted by Crippen LogP contribution is -2.52. The Morgan fingerprint density at radius 2 is 1.71 bits per heavy atom. The molecule has 2 amide bonds. The van der Waals surface area contributed by atoms with Gasteiger partial charge in [0.2, 0.25) is 11.8 Å². The molecule has 0 bridgehead atoms. The van der Waals surface area contributed by atoms with Crippen molar-refractivity contribution in [2.45, 2.75) is 100 Å². The van der Waals surface area contributed by atoms with Crippen molar-refractivity contribution in [3.8, 4) is 11.8 Å². The number of nitrogens with one attached hydrogen (secondary N) is 2. The molecule has 0 saturated carbocycles. The lowest BCUT2D eigenvalue weighted by Gasteiger charge is -2.29. The molecular formula is C31H50N2O2. The maximum atomic E-state index is 12.8. The predicted molar refractivity (Wildman–Crippen MR) is 150 cm³/mol. The van der Waals surface area contributed by atoms with Gasteiger partial charge in [-0.05, 0) is 49.6 Å². The number of rotatable bonds is 14.